The van der Waals surface area contributed by atoms with Crippen LogP contribution in [0.25, 0.3) is 0 Å². The Balaban J connectivity index is 3.02. The molecule has 7 nitrogen and oxygen atoms in total. The first-order valence-electron chi connectivity index (χ1n) is 4.88. The predicted molar refractivity (Wildman–Crippen MR) is 67.3 cm³/mol. The van der Waals surface area contributed by atoms with Gasteiger partial charge in [0.2, 0.25) is 0 Å². The molecule has 0 radical (unpaired) electrons. The number of aliphatic hydroxyl groups excluding tert-OH is 1. The number of anilines is 1. The summed E-state index contributed by atoms with van der Waals surface area (Å²) in [6.45, 7) is -0.528. The average molecular weight is 319 g/mol. The lowest BCUT2D eigenvalue weighted by Crippen LogP contribution is -2.34. The third-order valence-electron chi connectivity index (χ3n) is 2.15. The maximum Gasteiger partial charge on any atom is 0.330 e. The molecule has 1 rings (SSSR count). The van der Waals surface area contributed by atoms with Gasteiger partial charge in [0.15, 0.2) is 0 Å². The average Bonchev–Trinajstić information content (AvgIpc) is 2.36. The van der Waals surface area contributed by atoms with Crippen LogP contribution in [0, 0.1) is 10.1 Å². The Hall–Kier alpha value is -1.67. The standard InChI is InChI=1S/C10H11BrN2O5/c1-18-10(15)8(5-14)12-7-3-2-6(11)4-9(7)13(16)17/h2-4,8,12,14H,5H2,1H3. The summed E-state index contributed by atoms with van der Waals surface area (Å²) in [5.74, 6) is -0.699. The minimum absolute atomic E-state index is 0.132. The SMILES string of the molecule is COC(=O)C(CO)Nc1ccc(Br)cc1[N+](=O)[O-]. The number of nitrogens with zero attached hydrogens (tertiary/aromatic N) is 1. The maximum atomic E-state index is 11.3. The van der Waals surface area contributed by atoms with Gasteiger partial charge in [0, 0.05) is 10.5 Å². The highest BCUT2D eigenvalue weighted by Gasteiger charge is 2.22. The third kappa shape index (κ3) is 3.41. The Morgan fingerprint density at radius 3 is 2.83 bits per heavy atom. The molecule has 0 amide bonds. The first-order chi connectivity index (χ1) is 8.49. The highest BCUT2D eigenvalue weighted by atomic mass is 79.9. The summed E-state index contributed by atoms with van der Waals surface area (Å²) < 4.78 is 5.00. The van der Waals surface area contributed by atoms with E-state index in [1.54, 1.807) is 6.07 Å². The molecule has 0 fully saturated rings. The van der Waals surface area contributed by atoms with Crippen LogP contribution in [0.5, 0.6) is 0 Å². The van der Waals surface area contributed by atoms with Crippen LogP contribution in [-0.2, 0) is 9.53 Å². The van der Waals surface area contributed by atoms with Crippen LogP contribution >= 0.6 is 15.9 Å². The van der Waals surface area contributed by atoms with Gasteiger partial charge in [-0.1, -0.05) is 15.9 Å². The third-order valence-corrected chi connectivity index (χ3v) is 2.65. The predicted octanol–water partition coefficient (Wildman–Crippen LogP) is 1.30. The van der Waals surface area contributed by atoms with Crippen LogP contribution in [0.2, 0.25) is 0 Å². The van der Waals surface area contributed by atoms with Gasteiger partial charge < -0.3 is 15.2 Å². The number of rotatable bonds is 5. The lowest BCUT2D eigenvalue weighted by molar-refractivity contribution is -0.384. The quantitative estimate of drug-likeness (QED) is 0.482. The second-order valence-electron chi connectivity index (χ2n) is 3.32. The number of methoxy groups -OCH3 is 1. The van der Waals surface area contributed by atoms with Crippen LogP contribution in [0.4, 0.5) is 11.4 Å². The van der Waals surface area contributed by atoms with Crippen LogP contribution in [0.3, 0.4) is 0 Å². The lowest BCUT2D eigenvalue weighted by atomic mass is 10.2. The van der Waals surface area contributed by atoms with Gasteiger partial charge in [-0.2, -0.15) is 0 Å². The van der Waals surface area contributed by atoms with Crippen LogP contribution in [0.1, 0.15) is 0 Å². The van der Waals surface area contributed by atoms with Crippen molar-refractivity contribution in [3.8, 4) is 0 Å². The van der Waals surface area contributed by atoms with E-state index in [0.717, 1.165) is 0 Å². The van der Waals surface area contributed by atoms with Crippen molar-refractivity contribution >= 4 is 33.3 Å². The number of esters is 1. The van der Waals surface area contributed by atoms with Crippen LogP contribution < -0.4 is 5.32 Å². The number of halogens is 1. The molecular weight excluding hydrogens is 308 g/mol. The van der Waals surface area contributed by atoms with E-state index in [1.165, 1.54) is 19.2 Å². The van der Waals surface area contributed by atoms with E-state index in [9.17, 15) is 14.9 Å². The Kier molecular flexibility index (Phi) is 5.05. The summed E-state index contributed by atoms with van der Waals surface area (Å²) >= 11 is 3.12. The van der Waals surface area contributed by atoms with E-state index in [2.05, 4.69) is 26.0 Å². The number of hydrogen-bond donors (Lipinski definition) is 2. The Morgan fingerprint density at radius 1 is 1.67 bits per heavy atom. The number of carbonyl (C=O) groups is 1. The van der Waals surface area contributed by atoms with E-state index in [4.69, 9.17) is 5.11 Å². The molecule has 0 aliphatic carbocycles. The summed E-state index contributed by atoms with van der Waals surface area (Å²) in [4.78, 5) is 21.5. The second kappa shape index (κ2) is 6.31. The normalized spacial score (nSPS) is 11.7. The van der Waals surface area contributed by atoms with Gasteiger partial charge in [0.25, 0.3) is 5.69 Å². The number of nitrogens with one attached hydrogen (secondary N) is 1. The molecule has 98 valence electrons. The summed E-state index contributed by atoms with van der Waals surface area (Å²) in [6, 6.07) is 3.28. The number of benzene rings is 1. The molecule has 0 saturated carbocycles. The summed E-state index contributed by atoms with van der Waals surface area (Å²) in [5.41, 5.74) is -0.0700. The topological polar surface area (TPSA) is 102 Å². The zero-order chi connectivity index (χ0) is 13.7. The molecule has 0 bridgehead atoms. The van der Waals surface area contributed by atoms with Gasteiger partial charge >= 0.3 is 5.97 Å². The molecule has 2 N–H and O–H groups in total. The molecule has 8 heteroatoms. The summed E-state index contributed by atoms with van der Waals surface area (Å²) in [6.07, 6.45) is 0. The number of nitro benzene ring substituents is 1. The van der Waals surface area contributed by atoms with Gasteiger partial charge in [-0.25, -0.2) is 4.79 Å². The van der Waals surface area contributed by atoms with Crippen LogP contribution in [0.15, 0.2) is 22.7 Å². The molecule has 0 aromatic heterocycles. The summed E-state index contributed by atoms with van der Waals surface area (Å²) in [5, 5.41) is 22.4. The Morgan fingerprint density at radius 2 is 2.33 bits per heavy atom. The molecule has 0 aliphatic rings. The zero-order valence-electron chi connectivity index (χ0n) is 9.42. The van der Waals surface area contributed by atoms with Gasteiger partial charge in [-0.3, -0.25) is 10.1 Å². The first-order valence-corrected chi connectivity index (χ1v) is 5.68. The van der Waals surface area contributed by atoms with Crippen LogP contribution in [-0.4, -0.2) is 35.8 Å². The van der Waals surface area contributed by atoms with Crippen molar-refractivity contribution in [3.63, 3.8) is 0 Å². The highest BCUT2D eigenvalue weighted by molar-refractivity contribution is 9.10. The van der Waals surface area contributed by atoms with Gasteiger partial charge in [-0.05, 0) is 12.1 Å². The van der Waals surface area contributed by atoms with Crippen molar-refractivity contribution in [3.05, 3.63) is 32.8 Å². The fraction of sp³-hybridized carbons (Fsp3) is 0.300. The zero-order valence-corrected chi connectivity index (χ0v) is 11.0. The van der Waals surface area contributed by atoms with E-state index in [-0.39, 0.29) is 11.4 Å². The first kappa shape index (κ1) is 14.4. The lowest BCUT2D eigenvalue weighted by Gasteiger charge is -2.15. The smallest absolute Gasteiger partial charge is 0.330 e. The molecule has 1 aromatic rings. The van der Waals surface area contributed by atoms with Gasteiger partial charge in [0.1, 0.15) is 11.7 Å². The number of ether oxygens (including phenoxy) is 1. The van der Waals surface area contributed by atoms with Crippen molar-refractivity contribution in [1.82, 2.24) is 0 Å². The largest absolute Gasteiger partial charge is 0.467 e. The Labute approximate surface area is 111 Å². The fourth-order valence-corrected chi connectivity index (χ4v) is 1.64. The highest BCUT2D eigenvalue weighted by Crippen LogP contribution is 2.28. The number of carbonyl (C=O) groups excluding carboxylic acids is 1. The summed E-state index contributed by atoms with van der Waals surface area (Å²) in [7, 11) is 1.17. The molecular formula is C10H11BrN2O5. The van der Waals surface area contributed by atoms with E-state index >= 15 is 0 Å². The van der Waals surface area contributed by atoms with E-state index in [0.29, 0.717) is 4.47 Å². The van der Waals surface area contributed by atoms with Crippen molar-refractivity contribution in [2.24, 2.45) is 0 Å². The van der Waals surface area contributed by atoms with E-state index < -0.39 is 23.5 Å². The fourth-order valence-electron chi connectivity index (χ4n) is 1.29. The molecule has 0 heterocycles. The molecule has 1 unspecified atom stereocenters. The van der Waals surface area contributed by atoms with Gasteiger partial charge in [0.05, 0.1) is 18.6 Å². The Bertz CT molecular complexity index is 466. The second-order valence-corrected chi connectivity index (χ2v) is 4.24. The van der Waals surface area contributed by atoms with E-state index in [1.807, 2.05) is 0 Å². The number of aliphatic hydroxyl groups is 1. The minimum atomic E-state index is -1.05. The van der Waals surface area contributed by atoms with Crippen molar-refractivity contribution in [2.75, 3.05) is 19.0 Å². The molecule has 18 heavy (non-hydrogen) atoms. The van der Waals surface area contributed by atoms with Gasteiger partial charge in [-0.15, -0.1) is 0 Å². The molecule has 0 spiro atoms. The van der Waals surface area contributed by atoms with Crippen molar-refractivity contribution < 1.29 is 19.6 Å². The minimum Gasteiger partial charge on any atom is -0.467 e. The molecule has 1 atom stereocenters. The number of nitro groups is 1. The van der Waals surface area contributed by atoms with Crippen molar-refractivity contribution in [2.45, 2.75) is 6.04 Å². The van der Waals surface area contributed by atoms with Crippen molar-refractivity contribution in [1.29, 1.82) is 0 Å². The molecule has 0 saturated heterocycles. The molecule has 1 aromatic carbocycles. The monoisotopic (exact) mass is 318 g/mol. The maximum absolute atomic E-state index is 11.3. The number of hydrogen-bond acceptors (Lipinski definition) is 6. The molecule has 0 aliphatic heterocycles.